The molecule has 0 spiro atoms. The average molecular weight is 498 g/mol. The van der Waals surface area contributed by atoms with Crippen LogP contribution in [0.5, 0.6) is 0 Å². The maximum absolute atomic E-state index is 6.86. The van der Waals surface area contributed by atoms with E-state index in [9.17, 15) is 0 Å². The molecular formula is C29H63N5O. The minimum Gasteiger partial charge on any atom is -0.356 e. The zero-order chi connectivity index (χ0) is 26.2. The van der Waals surface area contributed by atoms with Gasteiger partial charge >= 0.3 is 0 Å². The Hall–Kier alpha value is -0.240. The predicted molar refractivity (Wildman–Crippen MR) is 153 cm³/mol. The summed E-state index contributed by atoms with van der Waals surface area (Å²) in [4.78, 5) is 7.71. The van der Waals surface area contributed by atoms with Crippen molar-refractivity contribution >= 4 is 0 Å². The van der Waals surface area contributed by atoms with Crippen molar-refractivity contribution in [3.8, 4) is 0 Å². The third kappa shape index (κ3) is 12.7. The number of nitrogens with two attached hydrogens (primary N) is 1. The van der Waals surface area contributed by atoms with Crippen LogP contribution < -0.4 is 11.1 Å². The highest BCUT2D eigenvalue weighted by Gasteiger charge is 2.36. The maximum Gasteiger partial charge on any atom is 0.120 e. The molecule has 0 amide bonds. The van der Waals surface area contributed by atoms with Crippen molar-refractivity contribution in [1.82, 2.24) is 20.0 Å². The van der Waals surface area contributed by atoms with Gasteiger partial charge in [-0.2, -0.15) is 0 Å². The summed E-state index contributed by atoms with van der Waals surface area (Å²) in [5.41, 5.74) is 5.91. The van der Waals surface area contributed by atoms with E-state index in [1.54, 1.807) is 0 Å². The molecule has 2 unspecified atom stereocenters. The molecule has 0 saturated carbocycles. The molecule has 1 rings (SSSR count). The van der Waals surface area contributed by atoms with Crippen molar-refractivity contribution in [2.45, 2.75) is 123 Å². The molecule has 1 aliphatic rings. The van der Waals surface area contributed by atoms with Gasteiger partial charge in [-0.1, -0.05) is 65.2 Å². The first-order valence-electron chi connectivity index (χ1n) is 14.9. The van der Waals surface area contributed by atoms with Gasteiger partial charge in [0.25, 0.3) is 0 Å². The Kier molecular flexibility index (Phi) is 16.9. The van der Waals surface area contributed by atoms with Gasteiger partial charge in [0.1, 0.15) is 5.72 Å². The van der Waals surface area contributed by atoms with Gasteiger partial charge in [0, 0.05) is 51.2 Å². The van der Waals surface area contributed by atoms with E-state index in [1.807, 2.05) is 7.05 Å². The summed E-state index contributed by atoms with van der Waals surface area (Å²) in [7, 11) is 4.26. The molecule has 2 atom stereocenters. The van der Waals surface area contributed by atoms with Gasteiger partial charge in [-0.25, -0.2) is 0 Å². The monoisotopic (exact) mass is 498 g/mol. The second-order valence-electron chi connectivity index (χ2n) is 11.7. The Bertz CT molecular complexity index is 517. The fraction of sp³-hybridized carbons (Fsp3) is 1.00. The number of unbranched alkanes of at least 4 members (excludes halogenated alkanes) is 7. The van der Waals surface area contributed by atoms with Crippen LogP contribution in [-0.2, 0) is 4.74 Å². The van der Waals surface area contributed by atoms with E-state index in [2.05, 4.69) is 61.7 Å². The summed E-state index contributed by atoms with van der Waals surface area (Å²) in [6, 6.07) is 0. The Morgan fingerprint density at radius 2 is 1.71 bits per heavy atom. The van der Waals surface area contributed by atoms with Crippen molar-refractivity contribution in [2.75, 3.05) is 66.5 Å². The maximum atomic E-state index is 6.86. The first-order chi connectivity index (χ1) is 16.7. The van der Waals surface area contributed by atoms with E-state index < -0.39 is 0 Å². The third-order valence-electron chi connectivity index (χ3n) is 8.37. The molecule has 1 saturated heterocycles. The summed E-state index contributed by atoms with van der Waals surface area (Å²) in [5.74, 6) is 0. The summed E-state index contributed by atoms with van der Waals surface area (Å²) in [5, 5.41) is 3.33. The number of rotatable bonds is 20. The number of hydrogen-bond donors (Lipinski definition) is 2. The largest absolute Gasteiger partial charge is 0.356 e. The van der Waals surface area contributed by atoms with Gasteiger partial charge in [-0.05, 0) is 60.8 Å². The standard InChI is InChI=1S/C29H63N5O/c1-8-10-11-12-13-14-15-16-17-27-26-33(22-19-29(5,35-27)32(7)9-2)24-25-34(23-21-31-6)28(3,4)18-20-30/h27,31H,8-26,30H2,1-7H3. The van der Waals surface area contributed by atoms with Crippen molar-refractivity contribution in [2.24, 2.45) is 5.73 Å². The Morgan fingerprint density at radius 1 is 1.06 bits per heavy atom. The SMILES string of the molecule is CCCCCCCCCCC1CN(CCN(CCNC)C(C)(C)CCN)CCC(C)(N(C)CC)O1. The molecule has 0 radical (unpaired) electrons. The zero-order valence-electron chi connectivity index (χ0n) is 24.8. The van der Waals surface area contributed by atoms with Gasteiger partial charge in [-0.15, -0.1) is 0 Å². The second kappa shape index (κ2) is 18.1. The van der Waals surface area contributed by atoms with E-state index in [4.69, 9.17) is 10.5 Å². The van der Waals surface area contributed by atoms with Gasteiger partial charge in [-0.3, -0.25) is 14.7 Å². The van der Waals surface area contributed by atoms with Crippen LogP contribution in [0.2, 0.25) is 0 Å². The summed E-state index contributed by atoms with van der Waals surface area (Å²) in [6.07, 6.45) is 14.5. The van der Waals surface area contributed by atoms with Crippen LogP contribution in [0.4, 0.5) is 0 Å². The van der Waals surface area contributed by atoms with Crippen molar-refractivity contribution < 1.29 is 4.74 Å². The number of nitrogens with one attached hydrogen (secondary N) is 1. The van der Waals surface area contributed by atoms with Gasteiger partial charge in [0.15, 0.2) is 0 Å². The summed E-state index contributed by atoms with van der Waals surface area (Å²) >= 11 is 0. The first-order valence-corrected chi connectivity index (χ1v) is 14.9. The number of nitrogens with zero attached hydrogens (tertiary/aromatic N) is 3. The second-order valence-corrected chi connectivity index (χ2v) is 11.7. The number of ether oxygens (including phenoxy) is 1. The molecule has 6 nitrogen and oxygen atoms in total. The highest BCUT2D eigenvalue weighted by Crippen LogP contribution is 2.28. The molecule has 0 aliphatic carbocycles. The molecular weight excluding hydrogens is 434 g/mol. The number of hydrogen-bond acceptors (Lipinski definition) is 6. The highest BCUT2D eigenvalue weighted by molar-refractivity contribution is 4.86. The molecule has 1 heterocycles. The van der Waals surface area contributed by atoms with Crippen molar-refractivity contribution in [1.29, 1.82) is 0 Å². The van der Waals surface area contributed by atoms with Crippen molar-refractivity contribution in [3.63, 3.8) is 0 Å². The van der Waals surface area contributed by atoms with Crippen LogP contribution in [0.15, 0.2) is 0 Å². The van der Waals surface area contributed by atoms with Gasteiger partial charge in [0.05, 0.1) is 6.10 Å². The Labute approximate surface area is 219 Å². The first kappa shape index (κ1) is 32.8. The molecule has 35 heavy (non-hydrogen) atoms. The van der Waals surface area contributed by atoms with Crippen LogP contribution >= 0.6 is 0 Å². The molecule has 0 aromatic rings. The molecule has 0 aromatic heterocycles. The van der Waals surface area contributed by atoms with E-state index in [0.29, 0.717) is 6.10 Å². The lowest BCUT2D eigenvalue weighted by Gasteiger charge is -2.40. The van der Waals surface area contributed by atoms with Crippen LogP contribution in [-0.4, -0.2) is 98.5 Å². The molecule has 1 aliphatic heterocycles. The van der Waals surface area contributed by atoms with Crippen LogP contribution in [0.3, 0.4) is 0 Å². The van der Waals surface area contributed by atoms with E-state index >= 15 is 0 Å². The quantitative estimate of drug-likeness (QED) is 0.233. The summed E-state index contributed by atoms with van der Waals surface area (Å²) < 4.78 is 6.86. The smallest absolute Gasteiger partial charge is 0.120 e. The number of likely N-dealkylation sites (N-methyl/N-ethyl adjacent to an activating group) is 1. The molecule has 0 bridgehead atoms. The molecule has 1 fully saturated rings. The lowest BCUT2D eigenvalue weighted by atomic mass is 9.98. The third-order valence-corrected chi connectivity index (χ3v) is 8.37. The highest BCUT2D eigenvalue weighted by atomic mass is 16.5. The molecule has 0 aromatic carbocycles. The minimum absolute atomic E-state index is 0.126. The average Bonchev–Trinajstić information content (AvgIpc) is 2.99. The van der Waals surface area contributed by atoms with Gasteiger partial charge < -0.3 is 15.8 Å². The van der Waals surface area contributed by atoms with Crippen molar-refractivity contribution in [3.05, 3.63) is 0 Å². The van der Waals surface area contributed by atoms with Crippen LogP contribution in [0.25, 0.3) is 0 Å². The fourth-order valence-corrected chi connectivity index (χ4v) is 5.41. The Balaban J connectivity index is 2.70. The topological polar surface area (TPSA) is 57.0 Å². The van der Waals surface area contributed by atoms with Gasteiger partial charge in [0.2, 0.25) is 0 Å². The normalized spacial score (nSPS) is 22.3. The van der Waals surface area contributed by atoms with E-state index in [-0.39, 0.29) is 11.3 Å². The fourth-order valence-electron chi connectivity index (χ4n) is 5.41. The van der Waals surface area contributed by atoms with E-state index in [1.165, 1.54) is 57.8 Å². The lowest BCUT2D eigenvalue weighted by molar-refractivity contribution is -0.162. The zero-order valence-corrected chi connectivity index (χ0v) is 24.8. The molecule has 210 valence electrons. The minimum atomic E-state index is -0.168. The van der Waals surface area contributed by atoms with Crippen LogP contribution in [0, 0.1) is 0 Å². The van der Waals surface area contributed by atoms with Crippen LogP contribution in [0.1, 0.15) is 105 Å². The molecule has 3 N–H and O–H groups in total. The van der Waals surface area contributed by atoms with E-state index in [0.717, 1.165) is 65.2 Å². The lowest BCUT2D eigenvalue weighted by Crippen LogP contribution is -2.51. The molecule has 6 heteroatoms. The Morgan fingerprint density at radius 3 is 2.31 bits per heavy atom. The summed E-state index contributed by atoms with van der Waals surface area (Å²) in [6.45, 7) is 19.7. The predicted octanol–water partition coefficient (Wildman–Crippen LogP) is 4.92.